The lowest BCUT2D eigenvalue weighted by molar-refractivity contribution is 0.470. The molecule has 0 unspecified atom stereocenters. The molecule has 0 bridgehead atoms. The number of hydrogen-bond acceptors (Lipinski definition) is 1. The predicted molar refractivity (Wildman–Crippen MR) is 74.5 cm³/mol. The van der Waals surface area contributed by atoms with Crippen LogP contribution in [0.25, 0.3) is 0 Å². The van der Waals surface area contributed by atoms with E-state index < -0.39 is 0 Å². The van der Waals surface area contributed by atoms with Crippen LogP contribution >= 0.6 is 0 Å². The van der Waals surface area contributed by atoms with Gasteiger partial charge in [-0.15, -0.1) is 0 Å². The topological polar surface area (TPSA) is 3.24 Å². The van der Waals surface area contributed by atoms with Crippen molar-refractivity contribution in [2.45, 2.75) is 40.0 Å². The fourth-order valence-electron chi connectivity index (χ4n) is 2.74. The van der Waals surface area contributed by atoms with Crippen LogP contribution in [0.3, 0.4) is 0 Å². The molecule has 0 N–H and O–H groups in total. The summed E-state index contributed by atoms with van der Waals surface area (Å²) in [5.41, 5.74) is 5.90. The zero-order valence-electron chi connectivity index (χ0n) is 11.5. The third-order valence-corrected chi connectivity index (χ3v) is 3.74. The van der Waals surface area contributed by atoms with Gasteiger partial charge in [0.1, 0.15) is 0 Å². The van der Waals surface area contributed by atoms with Gasteiger partial charge in [-0.25, -0.2) is 0 Å². The lowest BCUT2D eigenvalue weighted by atomic mass is 10.00. The van der Waals surface area contributed by atoms with E-state index in [-0.39, 0.29) is 0 Å². The van der Waals surface area contributed by atoms with Crippen molar-refractivity contribution >= 4 is 0 Å². The van der Waals surface area contributed by atoms with Gasteiger partial charge in [0.15, 0.2) is 0 Å². The third kappa shape index (κ3) is 2.38. The predicted octanol–water partition coefficient (Wildman–Crippen LogP) is 4.41. The normalized spacial score (nSPS) is 19.8. The fourth-order valence-corrected chi connectivity index (χ4v) is 2.74. The third-order valence-electron chi connectivity index (χ3n) is 3.74. The molecule has 0 heterocycles. The van der Waals surface area contributed by atoms with Gasteiger partial charge in [-0.05, 0) is 36.8 Å². The van der Waals surface area contributed by atoms with Crippen molar-refractivity contribution in [2.75, 3.05) is 7.05 Å². The number of nitrogens with zero attached hydrogens (tertiary/aromatic N) is 1. The Balaban J connectivity index is 2.29. The molecule has 0 saturated heterocycles. The smallest absolute Gasteiger partial charge is 0.0246 e. The molecule has 17 heavy (non-hydrogen) atoms. The molecule has 1 nitrogen and oxygen atoms in total. The molecule has 0 spiro atoms. The van der Waals surface area contributed by atoms with E-state index >= 15 is 0 Å². The summed E-state index contributed by atoms with van der Waals surface area (Å²) in [6.45, 7) is 6.78. The van der Waals surface area contributed by atoms with E-state index in [1.54, 1.807) is 0 Å². The summed E-state index contributed by atoms with van der Waals surface area (Å²) in [5, 5.41) is 0. The molecule has 0 amide bonds. The molecule has 0 fully saturated rings. The number of allylic oxidation sites excluding steroid dienone is 7. The molecule has 0 atom stereocenters. The first-order valence-electron chi connectivity index (χ1n) is 6.61. The largest absolute Gasteiger partial charge is 0.351 e. The average molecular weight is 229 g/mol. The van der Waals surface area contributed by atoms with E-state index in [0.29, 0.717) is 5.92 Å². The van der Waals surface area contributed by atoms with E-state index in [4.69, 9.17) is 0 Å². The van der Waals surface area contributed by atoms with Crippen LogP contribution in [0.2, 0.25) is 0 Å². The maximum absolute atomic E-state index is 2.42. The summed E-state index contributed by atoms with van der Waals surface area (Å²) in [4.78, 5) is 2.42. The van der Waals surface area contributed by atoms with Crippen molar-refractivity contribution in [1.82, 2.24) is 4.90 Å². The van der Waals surface area contributed by atoms with Crippen LogP contribution in [-0.2, 0) is 0 Å². The van der Waals surface area contributed by atoms with Gasteiger partial charge in [0.25, 0.3) is 0 Å². The summed E-state index contributed by atoms with van der Waals surface area (Å²) in [6, 6.07) is 0. The second-order valence-corrected chi connectivity index (χ2v) is 5.29. The lowest BCUT2D eigenvalue weighted by Crippen LogP contribution is -2.20. The van der Waals surface area contributed by atoms with Crippen molar-refractivity contribution in [3.63, 3.8) is 0 Å². The first-order valence-corrected chi connectivity index (χ1v) is 6.61. The Morgan fingerprint density at radius 3 is 2.53 bits per heavy atom. The quantitative estimate of drug-likeness (QED) is 0.692. The monoisotopic (exact) mass is 229 g/mol. The molecule has 0 saturated carbocycles. The Labute approximate surface area is 105 Å². The van der Waals surface area contributed by atoms with Gasteiger partial charge in [-0.1, -0.05) is 38.2 Å². The molecule has 2 aliphatic carbocycles. The summed E-state index contributed by atoms with van der Waals surface area (Å²) in [7, 11) is 2.22. The Morgan fingerprint density at radius 2 is 1.88 bits per heavy atom. The van der Waals surface area contributed by atoms with Crippen LogP contribution in [0.1, 0.15) is 40.0 Å². The minimum absolute atomic E-state index is 0.617. The van der Waals surface area contributed by atoms with Crippen LogP contribution in [0.15, 0.2) is 46.8 Å². The highest BCUT2D eigenvalue weighted by Crippen LogP contribution is 2.32. The second kappa shape index (κ2) is 4.95. The van der Waals surface area contributed by atoms with Crippen molar-refractivity contribution in [3.8, 4) is 0 Å². The summed E-state index contributed by atoms with van der Waals surface area (Å²) < 4.78 is 0. The van der Waals surface area contributed by atoms with E-state index in [1.807, 2.05) is 0 Å². The van der Waals surface area contributed by atoms with Crippen molar-refractivity contribution in [2.24, 2.45) is 5.92 Å². The number of rotatable bonds is 3. The Hall–Kier alpha value is -1.24. The highest BCUT2D eigenvalue weighted by molar-refractivity contribution is 5.38. The Kier molecular flexibility index (Phi) is 3.56. The van der Waals surface area contributed by atoms with Crippen LogP contribution in [0.4, 0.5) is 0 Å². The van der Waals surface area contributed by atoms with E-state index in [0.717, 1.165) is 6.42 Å². The molecule has 0 aromatic heterocycles. The fraction of sp³-hybridized carbons (Fsp3) is 0.500. The molecular formula is C16H23N. The van der Waals surface area contributed by atoms with Gasteiger partial charge < -0.3 is 4.90 Å². The van der Waals surface area contributed by atoms with Gasteiger partial charge in [0, 0.05) is 24.9 Å². The molecule has 0 aromatic rings. The van der Waals surface area contributed by atoms with E-state index in [9.17, 15) is 0 Å². The van der Waals surface area contributed by atoms with Gasteiger partial charge in [0.05, 0.1) is 0 Å². The van der Waals surface area contributed by atoms with Crippen LogP contribution < -0.4 is 0 Å². The summed E-state index contributed by atoms with van der Waals surface area (Å²) in [6.07, 6.45) is 12.6. The SMILES string of the molecule is CC1=C(N(C)C2=C(C(C)C)C=CC2)CCC=C1. The average Bonchev–Trinajstić information content (AvgIpc) is 2.77. The minimum Gasteiger partial charge on any atom is -0.351 e. The first-order chi connectivity index (χ1) is 8.11. The van der Waals surface area contributed by atoms with Gasteiger partial charge in [-0.3, -0.25) is 0 Å². The van der Waals surface area contributed by atoms with Crippen LogP contribution in [0.5, 0.6) is 0 Å². The molecule has 0 radical (unpaired) electrons. The second-order valence-electron chi connectivity index (χ2n) is 5.29. The summed E-state index contributed by atoms with van der Waals surface area (Å²) in [5.74, 6) is 0.617. The number of hydrogen-bond donors (Lipinski definition) is 0. The Bertz CT molecular complexity index is 419. The maximum Gasteiger partial charge on any atom is 0.0246 e. The molecule has 0 aromatic carbocycles. The van der Waals surface area contributed by atoms with E-state index in [2.05, 4.69) is 57.0 Å². The minimum atomic E-state index is 0.617. The highest BCUT2D eigenvalue weighted by atomic mass is 15.1. The molecule has 1 heteroatoms. The molecule has 92 valence electrons. The lowest BCUT2D eigenvalue weighted by Gasteiger charge is -2.29. The molecular weight excluding hydrogens is 206 g/mol. The zero-order valence-corrected chi connectivity index (χ0v) is 11.5. The summed E-state index contributed by atoms with van der Waals surface area (Å²) >= 11 is 0. The van der Waals surface area contributed by atoms with Crippen LogP contribution in [0, 0.1) is 5.92 Å². The maximum atomic E-state index is 2.42. The zero-order chi connectivity index (χ0) is 12.4. The van der Waals surface area contributed by atoms with Crippen molar-refractivity contribution < 1.29 is 0 Å². The van der Waals surface area contributed by atoms with Gasteiger partial charge in [0.2, 0.25) is 0 Å². The van der Waals surface area contributed by atoms with Gasteiger partial charge >= 0.3 is 0 Å². The molecule has 2 aliphatic rings. The van der Waals surface area contributed by atoms with Crippen LogP contribution in [-0.4, -0.2) is 11.9 Å². The first kappa shape index (κ1) is 12.2. The van der Waals surface area contributed by atoms with Gasteiger partial charge in [-0.2, -0.15) is 0 Å². The molecule has 2 rings (SSSR count). The van der Waals surface area contributed by atoms with Crippen molar-refractivity contribution in [1.29, 1.82) is 0 Å². The van der Waals surface area contributed by atoms with Crippen molar-refractivity contribution in [3.05, 3.63) is 46.8 Å². The Morgan fingerprint density at radius 1 is 1.12 bits per heavy atom. The standard InChI is InChI=1S/C16H23N/c1-12(2)14-9-7-11-16(14)17(4)15-10-6-5-8-13(15)3/h5,7-9,12H,6,10-11H2,1-4H3. The van der Waals surface area contributed by atoms with E-state index in [1.165, 1.54) is 35.4 Å². The molecule has 0 aliphatic heterocycles. The highest BCUT2D eigenvalue weighted by Gasteiger charge is 2.19.